The Kier molecular flexibility index (Phi) is 10.8. The van der Waals surface area contributed by atoms with Gasteiger partial charge in [-0.1, -0.05) is 62.3 Å². The number of nitrogens with two attached hydrogens (primary N) is 2. The molecule has 180 valence electrons. The molecule has 34 heavy (non-hydrogen) atoms. The number of hydrogen-bond acceptors (Lipinski definition) is 4. The van der Waals surface area contributed by atoms with Crippen LogP contribution in [-0.4, -0.2) is 16.6 Å². The van der Waals surface area contributed by atoms with E-state index in [4.69, 9.17) is 11.5 Å². The van der Waals surface area contributed by atoms with E-state index in [-0.39, 0.29) is 5.91 Å². The molecule has 0 spiro atoms. The second kappa shape index (κ2) is 13.5. The average molecular weight is 477 g/mol. The molecule has 1 aliphatic rings. The van der Waals surface area contributed by atoms with Crippen LogP contribution in [0.5, 0.6) is 0 Å². The lowest BCUT2D eigenvalue weighted by Crippen LogP contribution is -2.15. The lowest BCUT2D eigenvalue weighted by molar-refractivity contribution is -0.115. The summed E-state index contributed by atoms with van der Waals surface area (Å²) in [7, 11) is 0.597. The molecule has 2 unspecified atom stereocenters. The minimum Gasteiger partial charge on any atom is -0.405 e. The fourth-order valence-electron chi connectivity index (χ4n) is 3.38. The number of nitrogens with zero attached hydrogens (tertiary/aromatic N) is 1. The van der Waals surface area contributed by atoms with E-state index in [0.717, 1.165) is 17.6 Å². The summed E-state index contributed by atoms with van der Waals surface area (Å²) in [6, 6.07) is 3.57. The quantitative estimate of drug-likeness (QED) is 0.287. The molecule has 1 aromatic heterocycles. The van der Waals surface area contributed by atoms with Gasteiger partial charge in [0.2, 0.25) is 5.91 Å². The predicted octanol–water partition coefficient (Wildman–Crippen LogP) is 6.32. The highest BCUT2D eigenvalue weighted by Crippen LogP contribution is 2.40. The lowest BCUT2D eigenvalue weighted by Gasteiger charge is -2.23. The van der Waals surface area contributed by atoms with E-state index >= 15 is 0 Å². The Morgan fingerprint density at radius 1 is 1.21 bits per heavy atom. The molecule has 2 rings (SSSR count). The number of hydrogen-bond donors (Lipinski definition) is 3. The van der Waals surface area contributed by atoms with Crippen LogP contribution in [0.2, 0.25) is 0 Å². The van der Waals surface area contributed by atoms with Crippen molar-refractivity contribution in [2.24, 2.45) is 11.5 Å². The molecule has 0 aromatic carbocycles. The van der Waals surface area contributed by atoms with Crippen LogP contribution >= 0.6 is 8.58 Å². The number of nitrogens with one attached hydrogen (secondary N) is 1. The molecule has 1 aromatic rings. The van der Waals surface area contributed by atoms with Crippen LogP contribution in [0.25, 0.3) is 5.70 Å². The number of aromatic nitrogens is 1. The van der Waals surface area contributed by atoms with Gasteiger partial charge in [0, 0.05) is 23.1 Å². The molecule has 5 N–H and O–H groups in total. The molecule has 6 heteroatoms. The van der Waals surface area contributed by atoms with Gasteiger partial charge in [-0.25, -0.2) is 4.98 Å². The standard InChI is InChI=1S/C28H37N4OP/c1-6-20(4)9-10-23(14-19(2)3)28-21(5)15-22(18-34-28)16-27(33)32-26-12-11-24(17-31-26)25(30)8-7-13-29/h7-15,17-18,28,34H,6,16,29-30H2,1-5H3,(H,31,32,33)/b13-7-,20-9+,23-10+,25-8-. The van der Waals surface area contributed by atoms with E-state index < -0.39 is 0 Å². The number of anilines is 1. The maximum Gasteiger partial charge on any atom is 0.229 e. The van der Waals surface area contributed by atoms with Gasteiger partial charge >= 0.3 is 0 Å². The number of carbonyl (C=O) groups excluding carboxylic acids is 1. The van der Waals surface area contributed by atoms with Gasteiger partial charge in [0.05, 0.1) is 6.42 Å². The first kappa shape index (κ1) is 27.1. The third-order valence-electron chi connectivity index (χ3n) is 5.33. The van der Waals surface area contributed by atoms with Gasteiger partial charge in [-0.3, -0.25) is 4.79 Å². The molecule has 0 saturated heterocycles. The zero-order chi connectivity index (χ0) is 25.1. The largest absolute Gasteiger partial charge is 0.405 e. The molecule has 2 heterocycles. The summed E-state index contributed by atoms with van der Waals surface area (Å²) in [6.07, 6.45) is 16.7. The molecular weight excluding hydrogens is 439 g/mol. The minimum absolute atomic E-state index is 0.0880. The van der Waals surface area contributed by atoms with Crippen LogP contribution in [-0.2, 0) is 4.79 Å². The Labute approximate surface area is 206 Å². The highest BCUT2D eigenvalue weighted by molar-refractivity contribution is 7.43. The molecule has 0 aliphatic carbocycles. The van der Waals surface area contributed by atoms with Crippen LogP contribution in [0.3, 0.4) is 0 Å². The first-order valence-corrected chi connectivity index (χ1v) is 12.6. The number of allylic oxidation sites excluding steroid dienone is 10. The maximum absolute atomic E-state index is 12.6. The number of carbonyl (C=O) groups is 1. The van der Waals surface area contributed by atoms with Gasteiger partial charge in [0.1, 0.15) is 5.82 Å². The Balaban J connectivity index is 2.05. The van der Waals surface area contributed by atoms with Crippen molar-refractivity contribution in [3.63, 3.8) is 0 Å². The highest BCUT2D eigenvalue weighted by Gasteiger charge is 2.19. The van der Waals surface area contributed by atoms with Crippen LogP contribution in [0.15, 0.2) is 94.7 Å². The second-order valence-corrected chi connectivity index (χ2v) is 9.83. The summed E-state index contributed by atoms with van der Waals surface area (Å²) >= 11 is 0. The lowest BCUT2D eigenvalue weighted by atomic mass is 9.99. The Morgan fingerprint density at radius 3 is 2.56 bits per heavy atom. The van der Waals surface area contributed by atoms with E-state index in [9.17, 15) is 4.79 Å². The van der Waals surface area contributed by atoms with Gasteiger partial charge in [-0.05, 0) is 75.7 Å². The van der Waals surface area contributed by atoms with E-state index in [1.54, 1.807) is 24.4 Å². The topological polar surface area (TPSA) is 94.0 Å². The summed E-state index contributed by atoms with van der Waals surface area (Å²) in [6.45, 7) is 10.7. The maximum atomic E-state index is 12.6. The van der Waals surface area contributed by atoms with Crippen molar-refractivity contribution >= 4 is 26.0 Å². The number of pyridine rings is 1. The summed E-state index contributed by atoms with van der Waals surface area (Å²) in [5.41, 5.74) is 19.3. The number of amides is 1. The smallest absolute Gasteiger partial charge is 0.229 e. The molecule has 1 aliphatic heterocycles. The van der Waals surface area contributed by atoms with Gasteiger partial charge in [0.25, 0.3) is 0 Å². The third kappa shape index (κ3) is 8.64. The minimum atomic E-state index is -0.0880. The van der Waals surface area contributed by atoms with Gasteiger partial charge in [-0.2, -0.15) is 0 Å². The first-order chi connectivity index (χ1) is 16.2. The summed E-state index contributed by atoms with van der Waals surface area (Å²) < 4.78 is 0. The summed E-state index contributed by atoms with van der Waals surface area (Å²) in [5, 5.41) is 2.87. The van der Waals surface area contributed by atoms with E-state index in [0.29, 0.717) is 32.2 Å². The van der Waals surface area contributed by atoms with Crippen molar-refractivity contribution in [3.05, 3.63) is 100 Å². The third-order valence-corrected chi connectivity index (χ3v) is 6.99. The van der Waals surface area contributed by atoms with Crippen LogP contribution in [0.1, 0.15) is 53.0 Å². The Hall–Kier alpha value is -3.17. The first-order valence-electron chi connectivity index (χ1n) is 11.5. The fourth-order valence-corrected chi connectivity index (χ4v) is 4.67. The monoisotopic (exact) mass is 476 g/mol. The van der Waals surface area contributed by atoms with Crippen molar-refractivity contribution in [2.75, 3.05) is 5.32 Å². The van der Waals surface area contributed by atoms with Crippen LogP contribution < -0.4 is 16.8 Å². The van der Waals surface area contributed by atoms with Gasteiger partial charge in [-0.15, -0.1) is 0 Å². The highest BCUT2D eigenvalue weighted by atomic mass is 31.1. The molecule has 0 bridgehead atoms. The predicted molar refractivity (Wildman–Crippen MR) is 148 cm³/mol. The normalized spacial score (nSPS) is 18.0. The molecule has 0 radical (unpaired) electrons. The van der Waals surface area contributed by atoms with E-state index in [1.807, 2.05) is 6.07 Å². The van der Waals surface area contributed by atoms with Crippen molar-refractivity contribution in [3.8, 4) is 0 Å². The van der Waals surface area contributed by atoms with Crippen molar-refractivity contribution < 1.29 is 4.79 Å². The van der Waals surface area contributed by atoms with Crippen molar-refractivity contribution in [2.45, 2.75) is 53.1 Å². The zero-order valence-corrected chi connectivity index (χ0v) is 21.9. The van der Waals surface area contributed by atoms with Crippen LogP contribution in [0, 0.1) is 0 Å². The molecular formula is C28H37N4OP. The van der Waals surface area contributed by atoms with Crippen molar-refractivity contribution in [1.29, 1.82) is 0 Å². The summed E-state index contributed by atoms with van der Waals surface area (Å²) in [5.74, 6) is 2.61. The molecule has 5 nitrogen and oxygen atoms in total. The average Bonchev–Trinajstić information content (AvgIpc) is 2.80. The van der Waals surface area contributed by atoms with Gasteiger partial charge < -0.3 is 16.8 Å². The fraction of sp³-hybridized carbons (Fsp3) is 0.286. The van der Waals surface area contributed by atoms with Crippen molar-refractivity contribution in [1.82, 2.24) is 4.98 Å². The Bertz CT molecular complexity index is 1080. The van der Waals surface area contributed by atoms with Crippen LogP contribution in [0.4, 0.5) is 5.82 Å². The second-order valence-electron chi connectivity index (χ2n) is 8.63. The van der Waals surface area contributed by atoms with E-state index in [1.165, 1.54) is 28.5 Å². The van der Waals surface area contributed by atoms with Gasteiger partial charge in [0.15, 0.2) is 0 Å². The zero-order valence-electron chi connectivity index (χ0n) is 20.9. The molecule has 1 amide bonds. The molecule has 0 fully saturated rings. The number of rotatable bonds is 9. The molecule has 2 atom stereocenters. The van der Waals surface area contributed by atoms with E-state index in [2.05, 4.69) is 75.0 Å². The Morgan fingerprint density at radius 2 is 1.97 bits per heavy atom. The summed E-state index contributed by atoms with van der Waals surface area (Å²) in [4.78, 5) is 16.9. The molecule has 0 saturated carbocycles. The SMILES string of the molecule is CC/C(C)=C/C=C(\C=C(C)C)C1PC=C(CC(=O)Nc2ccc(/C(N)=C/C=C\N)cn2)C=C1C.